The molecule has 0 saturated heterocycles. The standard InChI is InChI=1S/C17H21NO6S/c1-5-23-17(22)13-9(3)14(10(4)19)25-15(13)18-12(20)7-24-16(21)11-6-8(11)2/h8,11H,5-7H2,1-4H3,(H,18,20)/t8-,11+/m1/s1. The van der Waals surface area contributed by atoms with Crippen LogP contribution >= 0.6 is 11.3 Å². The van der Waals surface area contributed by atoms with Gasteiger partial charge in [-0.2, -0.15) is 0 Å². The Bertz CT molecular complexity index is 723. The molecule has 2 atom stereocenters. The zero-order valence-corrected chi connectivity index (χ0v) is 15.5. The van der Waals surface area contributed by atoms with Crippen LogP contribution in [0.2, 0.25) is 0 Å². The van der Waals surface area contributed by atoms with E-state index >= 15 is 0 Å². The van der Waals surface area contributed by atoms with Crippen molar-refractivity contribution in [1.82, 2.24) is 0 Å². The van der Waals surface area contributed by atoms with Gasteiger partial charge < -0.3 is 14.8 Å². The van der Waals surface area contributed by atoms with Crippen LogP contribution in [0.4, 0.5) is 5.00 Å². The van der Waals surface area contributed by atoms with Gasteiger partial charge in [-0.05, 0) is 38.7 Å². The molecule has 1 aliphatic carbocycles. The van der Waals surface area contributed by atoms with Crippen LogP contribution in [-0.4, -0.2) is 36.8 Å². The molecule has 8 heteroatoms. The fourth-order valence-electron chi connectivity index (χ4n) is 2.44. The molecule has 0 spiro atoms. The molecule has 0 bridgehead atoms. The van der Waals surface area contributed by atoms with Crippen molar-refractivity contribution in [3.05, 3.63) is 16.0 Å². The largest absolute Gasteiger partial charge is 0.462 e. The van der Waals surface area contributed by atoms with Crippen LogP contribution in [-0.2, 0) is 19.1 Å². The highest BCUT2D eigenvalue weighted by molar-refractivity contribution is 7.18. The fourth-order valence-corrected chi connectivity index (χ4v) is 3.55. The molecule has 2 rings (SSSR count). The number of ether oxygens (including phenoxy) is 2. The van der Waals surface area contributed by atoms with E-state index in [9.17, 15) is 19.2 Å². The summed E-state index contributed by atoms with van der Waals surface area (Å²) < 4.78 is 9.97. The molecule has 1 fully saturated rings. The van der Waals surface area contributed by atoms with Gasteiger partial charge in [-0.25, -0.2) is 4.79 Å². The van der Waals surface area contributed by atoms with Crippen molar-refractivity contribution in [3.63, 3.8) is 0 Å². The van der Waals surface area contributed by atoms with Crippen molar-refractivity contribution in [2.24, 2.45) is 11.8 Å². The number of anilines is 1. The zero-order chi connectivity index (χ0) is 18.7. The van der Waals surface area contributed by atoms with Crippen LogP contribution in [0.1, 0.15) is 52.8 Å². The quantitative estimate of drug-likeness (QED) is 0.587. The maximum atomic E-state index is 12.1. The van der Waals surface area contributed by atoms with Gasteiger partial charge >= 0.3 is 11.9 Å². The highest BCUT2D eigenvalue weighted by Gasteiger charge is 2.40. The summed E-state index contributed by atoms with van der Waals surface area (Å²) >= 11 is 1.01. The van der Waals surface area contributed by atoms with Gasteiger partial charge in [0.1, 0.15) is 5.00 Å². The second kappa shape index (κ2) is 7.77. The first-order chi connectivity index (χ1) is 11.8. The Hall–Kier alpha value is -2.22. The molecule has 0 aliphatic heterocycles. The third-order valence-electron chi connectivity index (χ3n) is 3.96. The molecule has 1 aromatic rings. The first kappa shape index (κ1) is 19.1. The molecule has 1 saturated carbocycles. The summed E-state index contributed by atoms with van der Waals surface area (Å²) in [6.07, 6.45) is 0.777. The van der Waals surface area contributed by atoms with E-state index in [4.69, 9.17) is 9.47 Å². The van der Waals surface area contributed by atoms with E-state index in [-0.39, 0.29) is 34.8 Å². The molecule has 7 nitrogen and oxygen atoms in total. The van der Waals surface area contributed by atoms with Gasteiger partial charge in [0.05, 0.1) is 23.0 Å². The lowest BCUT2D eigenvalue weighted by atomic mass is 10.1. The van der Waals surface area contributed by atoms with Crippen molar-refractivity contribution in [3.8, 4) is 0 Å². The molecule has 0 radical (unpaired) electrons. The van der Waals surface area contributed by atoms with Crippen LogP contribution in [0.25, 0.3) is 0 Å². The topological polar surface area (TPSA) is 98.8 Å². The van der Waals surface area contributed by atoms with E-state index < -0.39 is 18.5 Å². The molecule has 1 amide bonds. The number of esters is 2. The van der Waals surface area contributed by atoms with E-state index in [0.717, 1.165) is 17.8 Å². The zero-order valence-electron chi connectivity index (χ0n) is 14.6. The Kier molecular flexibility index (Phi) is 5.94. The summed E-state index contributed by atoms with van der Waals surface area (Å²) in [5, 5.41) is 2.77. The number of carbonyl (C=O) groups excluding carboxylic acids is 4. The molecule has 0 aromatic carbocycles. The van der Waals surface area contributed by atoms with Crippen LogP contribution in [0.5, 0.6) is 0 Å². The second-order valence-electron chi connectivity index (χ2n) is 6.01. The SMILES string of the molecule is CCOC(=O)c1c(NC(=O)COC(=O)[C@H]2C[C@H]2C)sc(C(C)=O)c1C. The Balaban J connectivity index is 2.10. The molecular formula is C17H21NO6S. The van der Waals surface area contributed by atoms with Crippen molar-refractivity contribution in [2.75, 3.05) is 18.5 Å². The first-order valence-electron chi connectivity index (χ1n) is 8.04. The number of rotatable bonds is 7. The maximum Gasteiger partial charge on any atom is 0.341 e. The monoisotopic (exact) mass is 367 g/mol. The number of amides is 1. The first-order valence-corrected chi connectivity index (χ1v) is 8.85. The summed E-state index contributed by atoms with van der Waals surface area (Å²) in [6, 6.07) is 0. The van der Waals surface area contributed by atoms with Crippen LogP contribution in [0.3, 0.4) is 0 Å². The van der Waals surface area contributed by atoms with Crippen molar-refractivity contribution in [2.45, 2.75) is 34.1 Å². The maximum absolute atomic E-state index is 12.1. The van der Waals surface area contributed by atoms with E-state index in [0.29, 0.717) is 16.4 Å². The lowest BCUT2D eigenvalue weighted by molar-refractivity contribution is -0.148. The number of nitrogens with one attached hydrogen (secondary N) is 1. The molecule has 1 heterocycles. The van der Waals surface area contributed by atoms with E-state index in [1.54, 1.807) is 13.8 Å². The van der Waals surface area contributed by atoms with Crippen molar-refractivity contribution >= 4 is 40.0 Å². The molecule has 1 aliphatic rings. The van der Waals surface area contributed by atoms with Gasteiger partial charge in [0.15, 0.2) is 12.4 Å². The van der Waals surface area contributed by atoms with E-state index in [1.165, 1.54) is 6.92 Å². The fraction of sp³-hybridized carbons (Fsp3) is 0.529. The Morgan fingerprint density at radius 3 is 2.40 bits per heavy atom. The summed E-state index contributed by atoms with van der Waals surface area (Å²) in [6.45, 7) is 6.36. The van der Waals surface area contributed by atoms with E-state index in [1.807, 2.05) is 6.92 Å². The number of carbonyl (C=O) groups is 4. The minimum absolute atomic E-state index is 0.129. The van der Waals surface area contributed by atoms with Gasteiger partial charge in [-0.3, -0.25) is 14.4 Å². The number of hydrogen-bond donors (Lipinski definition) is 1. The smallest absolute Gasteiger partial charge is 0.341 e. The molecule has 0 unspecified atom stereocenters. The predicted octanol–water partition coefficient (Wildman–Crippen LogP) is 2.57. The summed E-state index contributed by atoms with van der Waals surface area (Å²) in [5.74, 6) is -1.60. The highest BCUT2D eigenvalue weighted by Crippen LogP contribution is 2.38. The number of ketones is 1. The Morgan fingerprint density at radius 2 is 1.88 bits per heavy atom. The normalized spacial score (nSPS) is 18.4. The third kappa shape index (κ3) is 4.45. The van der Waals surface area contributed by atoms with Crippen LogP contribution in [0.15, 0.2) is 0 Å². The second-order valence-corrected chi connectivity index (χ2v) is 7.03. The van der Waals surface area contributed by atoms with Crippen molar-refractivity contribution < 1.29 is 28.7 Å². The Morgan fingerprint density at radius 1 is 1.24 bits per heavy atom. The minimum Gasteiger partial charge on any atom is -0.462 e. The van der Waals surface area contributed by atoms with Crippen LogP contribution in [0, 0.1) is 18.8 Å². The van der Waals surface area contributed by atoms with Gasteiger partial charge in [-0.1, -0.05) is 6.92 Å². The number of hydrogen-bond acceptors (Lipinski definition) is 7. The lowest BCUT2D eigenvalue weighted by Gasteiger charge is -2.07. The molecule has 136 valence electrons. The highest BCUT2D eigenvalue weighted by atomic mass is 32.1. The molecule has 1 aromatic heterocycles. The average molecular weight is 367 g/mol. The van der Waals surface area contributed by atoms with Gasteiger partial charge in [0.2, 0.25) is 0 Å². The van der Waals surface area contributed by atoms with Gasteiger partial charge in [-0.15, -0.1) is 11.3 Å². The average Bonchev–Trinajstić information content (AvgIpc) is 3.17. The molecule has 25 heavy (non-hydrogen) atoms. The van der Waals surface area contributed by atoms with Crippen LogP contribution < -0.4 is 5.32 Å². The number of Topliss-reactive ketones (excluding diaryl/α,β-unsaturated/α-hetero) is 1. The number of thiophene rings is 1. The molecular weight excluding hydrogens is 346 g/mol. The van der Waals surface area contributed by atoms with E-state index in [2.05, 4.69) is 5.32 Å². The van der Waals surface area contributed by atoms with Gasteiger partial charge in [0, 0.05) is 0 Å². The summed E-state index contributed by atoms with van der Waals surface area (Å²) in [7, 11) is 0. The summed E-state index contributed by atoms with van der Waals surface area (Å²) in [5.41, 5.74) is 0.627. The molecule has 1 N–H and O–H groups in total. The minimum atomic E-state index is -0.608. The Labute approximate surface area is 149 Å². The summed E-state index contributed by atoms with van der Waals surface area (Å²) in [4.78, 5) is 47.9. The predicted molar refractivity (Wildman–Crippen MR) is 91.9 cm³/mol. The van der Waals surface area contributed by atoms with Crippen molar-refractivity contribution in [1.29, 1.82) is 0 Å². The lowest BCUT2D eigenvalue weighted by Crippen LogP contribution is -2.22. The third-order valence-corrected chi connectivity index (χ3v) is 5.26. The van der Waals surface area contributed by atoms with Gasteiger partial charge in [0.25, 0.3) is 5.91 Å².